The molecule has 18 heavy (non-hydrogen) atoms. The van der Waals surface area contributed by atoms with Crippen LogP contribution in [0.25, 0.3) is 22.6 Å². The SMILES string of the molecule is Nc1cccc2oc(-c3ccc(Br)cc3Br)nc12. The molecule has 2 aromatic carbocycles. The number of halogens is 2. The summed E-state index contributed by atoms with van der Waals surface area (Å²) < 4.78 is 7.63. The predicted molar refractivity (Wildman–Crippen MR) is 79.3 cm³/mol. The Bertz CT molecular complexity index is 737. The number of para-hydroxylation sites is 1. The first-order chi connectivity index (χ1) is 8.65. The molecule has 0 aliphatic heterocycles. The number of hydrogen-bond donors (Lipinski definition) is 1. The Morgan fingerprint density at radius 3 is 2.67 bits per heavy atom. The van der Waals surface area contributed by atoms with Crippen molar-refractivity contribution in [2.45, 2.75) is 0 Å². The van der Waals surface area contributed by atoms with Crippen LogP contribution in [-0.4, -0.2) is 4.98 Å². The summed E-state index contributed by atoms with van der Waals surface area (Å²) in [5.74, 6) is 0.558. The van der Waals surface area contributed by atoms with Gasteiger partial charge in [-0.05, 0) is 46.3 Å². The predicted octanol–water partition coefficient (Wildman–Crippen LogP) is 4.60. The van der Waals surface area contributed by atoms with Gasteiger partial charge in [-0.2, -0.15) is 0 Å². The van der Waals surface area contributed by atoms with Gasteiger partial charge >= 0.3 is 0 Å². The lowest BCUT2D eigenvalue weighted by Gasteiger charge is -1.99. The summed E-state index contributed by atoms with van der Waals surface area (Å²) in [4.78, 5) is 4.44. The minimum Gasteiger partial charge on any atom is -0.436 e. The van der Waals surface area contributed by atoms with Gasteiger partial charge in [0.2, 0.25) is 5.89 Å². The summed E-state index contributed by atoms with van der Waals surface area (Å²) >= 11 is 6.91. The largest absolute Gasteiger partial charge is 0.436 e. The molecular formula is C13H8Br2N2O. The van der Waals surface area contributed by atoms with E-state index in [1.54, 1.807) is 0 Å². The molecule has 0 bridgehead atoms. The molecule has 0 aliphatic carbocycles. The highest BCUT2D eigenvalue weighted by atomic mass is 79.9. The van der Waals surface area contributed by atoms with Gasteiger partial charge in [0, 0.05) is 8.95 Å². The molecule has 0 radical (unpaired) electrons. The summed E-state index contributed by atoms with van der Waals surface area (Å²) in [5.41, 5.74) is 8.78. The number of fused-ring (bicyclic) bond motifs is 1. The Hall–Kier alpha value is -1.33. The molecule has 1 aromatic heterocycles. The van der Waals surface area contributed by atoms with Crippen molar-refractivity contribution in [3.8, 4) is 11.5 Å². The van der Waals surface area contributed by atoms with E-state index in [4.69, 9.17) is 10.2 Å². The number of hydrogen-bond acceptors (Lipinski definition) is 3. The van der Waals surface area contributed by atoms with Gasteiger partial charge in [-0.15, -0.1) is 0 Å². The first kappa shape index (κ1) is 11.7. The van der Waals surface area contributed by atoms with Crippen molar-refractivity contribution in [2.75, 3.05) is 5.73 Å². The molecule has 0 fully saturated rings. The highest BCUT2D eigenvalue weighted by Gasteiger charge is 2.12. The molecule has 0 aliphatic rings. The number of aromatic nitrogens is 1. The molecule has 5 heteroatoms. The molecule has 3 nitrogen and oxygen atoms in total. The lowest BCUT2D eigenvalue weighted by atomic mass is 10.2. The Morgan fingerprint density at radius 1 is 1.11 bits per heavy atom. The number of nitrogens with two attached hydrogens (primary N) is 1. The Morgan fingerprint density at radius 2 is 1.94 bits per heavy atom. The Balaban J connectivity index is 2.23. The normalized spacial score (nSPS) is 11.0. The molecule has 0 unspecified atom stereocenters. The van der Waals surface area contributed by atoms with Gasteiger partial charge in [0.25, 0.3) is 0 Å². The maximum absolute atomic E-state index is 5.87. The van der Waals surface area contributed by atoms with Gasteiger partial charge < -0.3 is 10.2 Å². The fourth-order valence-electron chi connectivity index (χ4n) is 1.75. The topological polar surface area (TPSA) is 52.0 Å². The molecule has 0 amide bonds. The molecule has 3 rings (SSSR count). The number of oxazole rings is 1. The van der Waals surface area contributed by atoms with Crippen LogP contribution in [0.5, 0.6) is 0 Å². The second-order valence-electron chi connectivity index (χ2n) is 3.84. The van der Waals surface area contributed by atoms with E-state index in [0.29, 0.717) is 22.7 Å². The van der Waals surface area contributed by atoms with Crippen LogP contribution in [0.3, 0.4) is 0 Å². The zero-order chi connectivity index (χ0) is 12.7. The zero-order valence-corrected chi connectivity index (χ0v) is 12.3. The summed E-state index contributed by atoms with van der Waals surface area (Å²) in [5, 5.41) is 0. The summed E-state index contributed by atoms with van der Waals surface area (Å²) in [6.07, 6.45) is 0. The van der Waals surface area contributed by atoms with Crippen LogP contribution in [0.4, 0.5) is 5.69 Å². The third-order valence-corrected chi connectivity index (χ3v) is 3.76. The van der Waals surface area contributed by atoms with E-state index in [9.17, 15) is 0 Å². The third kappa shape index (κ3) is 1.93. The molecule has 0 spiro atoms. The number of nitrogen functional groups attached to an aromatic ring is 1. The Labute approximate surface area is 120 Å². The Kier molecular flexibility index (Phi) is 2.87. The summed E-state index contributed by atoms with van der Waals surface area (Å²) in [6.45, 7) is 0. The average Bonchev–Trinajstić information content (AvgIpc) is 2.74. The highest BCUT2D eigenvalue weighted by Crippen LogP contribution is 2.33. The first-order valence-electron chi connectivity index (χ1n) is 5.25. The van der Waals surface area contributed by atoms with Crippen molar-refractivity contribution in [3.63, 3.8) is 0 Å². The van der Waals surface area contributed by atoms with Crippen LogP contribution < -0.4 is 5.73 Å². The van der Waals surface area contributed by atoms with Crippen LogP contribution in [0, 0.1) is 0 Å². The fourth-order valence-corrected chi connectivity index (χ4v) is 2.96. The molecule has 0 saturated carbocycles. The van der Waals surface area contributed by atoms with Crippen LogP contribution in [0.15, 0.2) is 49.8 Å². The quantitative estimate of drug-likeness (QED) is 0.639. The fraction of sp³-hybridized carbons (Fsp3) is 0. The van der Waals surface area contributed by atoms with E-state index < -0.39 is 0 Å². The molecule has 3 aromatic rings. The van der Waals surface area contributed by atoms with Gasteiger partial charge in [-0.1, -0.05) is 22.0 Å². The van der Waals surface area contributed by atoms with Gasteiger partial charge in [0.05, 0.1) is 11.3 Å². The van der Waals surface area contributed by atoms with Crippen molar-refractivity contribution in [2.24, 2.45) is 0 Å². The molecule has 0 saturated heterocycles. The van der Waals surface area contributed by atoms with E-state index in [1.165, 1.54) is 0 Å². The van der Waals surface area contributed by atoms with Crippen molar-refractivity contribution < 1.29 is 4.42 Å². The van der Waals surface area contributed by atoms with Crippen molar-refractivity contribution in [3.05, 3.63) is 45.3 Å². The van der Waals surface area contributed by atoms with Crippen LogP contribution in [0.1, 0.15) is 0 Å². The van der Waals surface area contributed by atoms with E-state index in [0.717, 1.165) is 14.5 Å². The van der Waals surface area contributed by atoms with Gasteiger partial charge in [0.1, 0.15) is 5.52 Å². The van der Waals surface area contributed by atoms with Gasteiger partial charge in [0.15, 0.2) is 5.58 Å². The lowest BCUT2D eigenvalue weighted by molar-refractivity contribution is 0.619. The highest BCUT2D eigenvalue weighted by molar-refractivity contribution is 9.11. The molecule has 90 valence electrons. The average molecular weight is 368 g/mol. The van der Waals surface area contributed by atoms with E-state index in [-0.39, 0.29) is 0 Å². The number of anilines is 1. The molecule has 1 heterocycles. The van der Waals surface area contributed by atoms with Gasteiger partial charge in [-0.25, -0.2) is 4.98 Å². The minimum absolute atomic E-state index is 0.558. The molecule has 0 atom stereocenters. The molecule has 2 N–H and O–H groups in total. The van der Waals surface area contributed by atoms with Crippen LogP contribution in [-0.2, 0) is 0 Å². The van der Waals surface area contributed by atoms with Crippen molar-refractivity contribution in [1.82, 2.24) is 4.98 Å². The second-order valence-corrected chi connectivity index (χ2v) is 5.61. The minimum atomic E-state index is 0.558. The maximum Gasteiger partial charge on any atom is 0.228 e. The number of rotatable bonds is 1. The summed E-state index contributed by atoms with van der Waals surface area (Å²) in [6, 6.07) is 11.4. The van der Waals surface area contributed by atoms with Crippen LogP contribution in [0.2, 0.25) is 0 Å². The van der Waals surface area contributed by atoms with Crippen molar-refractivity contribution in [1.29, 1.82) is 0 Å². The van der Waals surface area contributed by atoms with E-state index in [2.05, 4.69) is 36.8 Å². The standard InChI is InChI=1S/C13H8Br2N2O/c14-7-4-5-8(9(15)6-7)13-17-12-10(16)2-1-3-11(12)18-13/h1-6H,16H2. The first-order valence-corrected chi connectivity index (χ1v) is 6.84. The van der Waals surface area contributed by atoms with E-state index in [1.807, 2.05) is 36.4 Å². The smallest absolute Gasteiger partial charge is 0.228 e. The lowest BCUT2D eigenvalue weighted by Crippen LogP contribution is -1.85. The zero-order valence-electron chi connectivity index (χ0n) is 9.15. The van der Waals surface area contributed by atoms with Crippen LogP contribution >= 0.6 is 31.9 Å². The number of nitrogens with zero attached hydrogens (tertiary/aromatic N) is 1. The maximum atomic E-state index is 5.87. The third-order valence-electron chi connectivity index (χ3n) is 2.61. The van der Waals surface area contributed by atoms with Gasteiger partial charge in [-0.3, -0.25) is 0 Å². The monoisotopic (exact) mass is 366 g/mol. The van der Waals surface area contributed by atoms with E-state index >= 15 is 0 Å². The van der Waals surface area contributed by atoms with Crippen molar-refractivity contribution >= 4 is 48.6 Å². The number of benzene rings is 2. The molecular weight excluding hydrogens is 360 g/mol. The second kappa shape index (κ2) is 4.40. The summed E-state index contributed by atoms with van der Waals surface area (Å²) in [7, 11) is 0.